The highest BCUT2D eigenvalue weighted by molar-refractivity contribution is 9.10. The van der Waals surface area contributed by atoms with Gasteiger partial charge in [0.05, 0.1) is 12.6 Å². The maximum Gasteiger partial charge on any atom is 0.237 e. The van der Waals surface area contributed by atoms with Crippen LogP contribution in [0.1, 0.15) is 25.1 Å². The van der Waals surface area contributed by atoms with E-state index in [2.05, 4.69) is 21.2 Å². The summed E-state index contributed by atoms with van der Waals surface area (Å²) in [5.41, 5.74) is 5.82. The number of amides is 1. The molecule has 1 aromatic heterocycles. The van der Waals surface area contributed by atoms with Gasteiger partial charge in [-0.3, -0.25) is 4.79 Å². The van der Waals surface area contributed by atoms with Gasteiger partial charge in [-0.15, -0.1) is 11.3 Å². The smallest absolute Gasteiger partial charge is 0.237 e. The Kier molecular flexibility index (Phi) is 5.44. The number of hydrogen-bond acceptors (Lipinski definition) is 3. The van der Waals surface area contributed by atoms with Crippen molar-refractivity contribution in [1.82, 2.24) is 5.32 Å². The molecule has 0 spiro atoms. The SMILES string of the molecule is CCC(C)[C@H](N)C(=O)NCc1cc(Br)cs1. The van der Waals surface area contributed by atoms with Gasteiger partial charge in [0, 0.05) is 14.7 Å². The minimum atomic E-state index is -0.409. The lowest BCUT2D eigenvalue weighted by molar-refractivity contribution is -0.123. The minimum Gasteiger partial charge on any atom is -0.350 e. The fraction of sp³-hybridized carbons (Fsp3) is 0.545. The Balaban J connectivity index is 2.40. The molecule has 1 aromatic rings. The van der Waals surface area contributed by atoms with E-state index in [1.165, 1.54) is 0 Å². The molecule has 1 unspecified atom stereocenters. The summed E-state index contributed by atoms with van der Waals surface area (Å²) in [6.45, 7) is 4.58. The van der Waals surface area contributed by atoms with Crippen molar-refractivity contribution in [1.29, 1.82) is 0 Å². The van der Waals surface area contributed by atoms with Crippen LogP contribution in [0.2, 0.25) is 0 Å². The van der Waals surface area contributed by atoms with Crippen molar-refractivity contribution < 1.29 is 4.79 Å². The zero-order valence-corrected chi connectivity index (χ0v) is 11.9. The third kappa shape index (κ3) is 3.88. The van der Waals surface area contributed by atoms with E-state index in [-0.39, 0.29) is 11.8 Å². The van der Waals surface area contributed by atoms with Crippen LogP contribution in [0.25, 0.3) is 0 Å². The van der Waals surface area contributed by atoms with Crippen molar-refractivity contribution in [3.63, 3.8) is 0 Å². The first-order chi connectivity index (χ1) is 7.54. The summed E-state index contributed by atoms with van der Waals surface area (Å²) in [6.07, 6.45) is 0.916. The fourth-order valence-corrected chi connectivity index (χ4v) is 2.64. The highest BCUT2D eigenvalue weighted by Crippen LogP contribution is 2.19. The second-order valence-corrected chi connectivity index (χ2v) is 5.77. The largest absolute Gasteiger partial charge is 0.350 e. The van der Waals surface area contributed by atoms with Gasteiger partial charge >= 0.3 is 0 Å². The topological polar surface area (TPSA) is 55.1 Å². The average molecular weight is 305 g/mol. The zero-order valence-electron chi connectivity index (χ0n) is 9.50. The molecule has 1 heterocycles. The number of halogens is 1. The average Bonchev–Trinajstić information content (AvgIpc) is 2.69. The van der Waals surface area contributed by atoms with Crippen LogP contribution >= 0.6 is 27.3 Å². The third-order valence-corrected chi connectivity index (χ3v) is 4.32. The van der Waals surface area contributed by atoms with Crippen LogP contribution < -0.4 is 11.1 Å². The molecule has 2 atom stereocenters. The first-order valence-electron chi connectivity index (χ1n) is 5.30. The Morgan fingerprint density at radius 1 is 1.69 bits per heavy atom. The monoisotopic (exact) mass is 304 g/mol. The van der Waals surface area contributed by atoms with Crippen LogP contribution in [-0.4, -0.2) is 11.9 Å². The van der Waals surface area contributed by atoms with Gasteiger partial charge in [0.15, 0.2) is 0 Å². The molecule has 0 bridgehead atoms. The standard InChI is InChI=1S/C11H17BrN2OS/c1-3-7(2)10(13)11(15)14-5-9-4-8(12)6-16-9/h4,6-7,10H,3,5,13H2,1-2H3,(H,14,15)/t7?,10-/m0/s1. The summed E-state index contributed by atoms with van der Waals surface area (Å²) in [4.78, 5) is 12.8. The number of thiophene rings is 1. The van der Waals surface area contributed by atoms with E-state index in [1.807, 2.05) is 25.3 Å². The van der Waals surface area contributed by atoms with Crippen LogP contribution in [0.15, 0.2) is 15.9 Å². The summed E-state index contributed by atoms with van der Waals surface area (Å²) in [5.74, 6) is 0.147. The molecule has 0 aromatic carbocycles. The molecule has 16 heavy (non-hydrogen) atoms. The summed E-state index contributed by atoms with van der Waals surface area (Å²) >= 11 is 4.99. The summed E-state index contributed by atoms with van der Waals surface area (Å²) in [5, 5.41) is 4.85. The predicted molar refractivity (Wildman–Crippen MR) is 71.3 cm³/mol. The zero-order chi connectivity index (χ0) is 12.1. The summed E-state index contributed by atoms with van der Waals surface area (Å²) in [6, 6.07) is 1.59. The Morgan fingerprint density at radius 3 is 2.88 bits per heavy atom. The maximum absolute atomic E-state index is 11.7. The molecule has 3 nitrogen and oxygen atoms in total. The number of carbonyl (C=O) groups excluding carboxylic acids is 1. The van der Waals surface area contributed by atoms with E-state index in [0.29, 0.717) is 6.54 Å². The van der Waals surface area contributed by atoms with Gasteiger partial charge < -0.3 is 11.1 Å². The molecule has 0 saturated carbocycles. The first-order valence-corrected chi connectivity index (χ1v) is 6.98. The van der Waals surface area contributed by atoms with Gasteiger partial charge in [-0.05, 0) is 27.9 Å². The molecule has 0 fully saturated rings. The van der Waals surface area contributed by atoms with Gasteiger partial charge in [-0.1, -0.05) is 20.3 Å². The second-order valence-electron chi connectivity index (χ2n) is 3.86. The first kappa shape index (κ1) is 13.7. The van der Waals surface area contributed by atoms with E-state index < -0.39 is 6.04 Å². The third-order valence-electron chi connectivity index (χ3n) is 2.62. The molecule has 90 valence electrons. The van der Waals surface area contributed by atoms with Crippen molar-refractivity contribution in [2.45, 2.75) is 32.9 Å². The van der Waals surface area contributed by atoms with Crippen LogP contribution in [-0.2, 0) is 11.3 Å². The molecule has 0 radical (unpaired) electrons. The molecular weight excluding hydrogens is 288 g/mol. The molecule has 1 rings (SSSR count). The van der Waals surface area contributed by atoms with Gasteiger partial charge in [0.2, 0.25) is 5.91 Å². The van der Waals surface area contributed by atoms with Crippen molar-refractivity contribution in [3.8, 4) is 0 Å². The van der Waals surface area contributed by atoms with Crippen molar-refractivity contribution >= 4 is 33.2 Å². The molecule has 0 aliphatic rings. The molecule has 3 N–H and O–H groups in total. The Morgan fingerprint density at radius 2 is 2.38 bits per heavy atom. The van der Waals surface area contributed by atoms with Crippen LogP contribution in [0.4, 0.5) is 0 Å². The van der Waals surface area contributed by atoms with Gasteiger partial charge in [-0.25, -0.2) is 0 Å². The Bertz CT molecular complexity index is 354. The van der Waals surface area contributed by atoms with Crippen LogP contribution in [0.5, 0.6) is 0 Å². The lowest BCUT2D eigenvalue weighted by atomic mass is 9.99. The predicted octanol–water partition coefficient (Wildman–Crippen LogP) is 2.50. The molecule has 1 amide bonds. The minimum absolute atomic E-state index is 0.0705. The highest BCUT2D eigenvalue weighted by atomic mass is 79.9. The fourth-order valence-electron chi connectivity index (χ4n) is 1.25. The molecular formula is C11H17BrN2OS. The molecule has 0 aliphatic heterocycles. The highest BCUT2D eigenvalue weighted by Gasteiger charge is 2.18. The normalized spacial score (nSPS) is 14.5. The lowest BCUT2D eigenvalue weighted by Crippen LogP contribution is -2.44. The van der Waals surface area contributed by atoms with Crippen molar-refractivity contribution in [3.05, 3.63) is 20.8 Å². The van der Waals surface area contributed by atoms with Crippen LogP contribution in [0, 0.1) is 5.92 Å². The van der Waals surface area contributed by atoms with Crippen LogP contribution in [0.3, 0.4) is 0 Å². The number of nitrogens with one attached hydrogen (secondary N) is 1. The maximum atomic E-state index is 11.7. The Labute approximate surface area is 109 Å². The number of nitrogens with two attached hydrogens (primary N) is 1. The Hall–Kier alpha value is -0.390. The second kappa shape index (κ2) is 6.37. The summed E-state index contributed by atoms with van der Waals surface area (Å²) in [7, 11) is 0. The van der Waals surface area contributed by atoms with E-state index in [0.717, 1.165) is 15.8 Å². The lowest BCUT2D eigenvalue weighted by Gasteiger charge is -2.17. The molecule has 0 aliphatic carbocycles. The van der Waals surface area contributed by atoms with E-state index in [4.69, 9.17) is 5.73 Å². The van der Waals surface area contributed by atoms with Gasteiger partial charge in [0.25, 0.3) is 0 Å². The summed E-state index contributed by atoms with van der Waals surface area (Å²) < 4.78 is 1.05. The quantitative estimate of drug-likeness (QED) is 0.878. The number of hydrogen-bond donors (Lipinski definition) is 2. The van der Waals surface area contributed by atoms with E-state index in [1.54, 1.807) is 11.3 Å². The van der Waals surface area contributed by atoms with E-state index >= 15 is 0 Å². The van der Waals surface area contributed by atoms with Gasteiger partial charge in [-0.2, -0.15) is 0 Å². The van der Waals surface area contributed by atoms with Gasteiger partial charge in [0.1, 0.15) is 0 Å². The van der Waals surface area contributed by atoms with Crippen molar-refractivity contribution in [2.24, 2.45) is 11.7 Å². The number of rotatable bonds is 5. The molecule has 5 heteroatoms. The van der Waals surface area contributed by atoms with E-state index in [9.17, 15) is 4.79 Å². The number of carbonyl (C=O) groups is 1. The van der Waals surface area contributed by atoms with Crippen molar-refractivity contribution in [2.75, 3.05) is 0 Å². The molecule has 0 saturated heterocycles.